The first-order valence-corrected chi connectivity index (χ1v) is 3.88. The van der Waals surface area contributed by atoms with Crippen molar-refractivity contribution in [1.29, 1.82) is 0 Å². The van der Waals surface area contributed by atoms with Crippen LogP contribution in [0.25, 0.3) is 0 Å². The molecule has 0 saturated carbocycles. The molecule has 2 nitrogen and oxygen atoms in total. The van der Waals surface area contributed by atoms with Crippen LogP contribution in [-0.2, 0) is 9.47 Å². The molecule has 0 aromatic carbocycles. The summed E-state index contributed by atoms with van der Waals surface area (Å²) in [5.74, 6) is 5.52. The molecule has 62 valence electrons. The van der Waals surface area contributed by atoms with E-state index in [4.69, 9.17) is 9.47 Å². The van der Waals surface area contributed by atoms with Crippen molar-refractivity contribution < 1.29 is 9.47 Å². The number of hydrogen-bond donors (Lipinski definition) is 0. The molecule has 1 aliphatic heterocycles. The van der Waals surface area contributed by atoms with E-state index in [-0.39, 0.29) is 0 Å². The highest BCUT2D eigenvalue weighted by molar-refractivity contribution is 5.07. The van der Waals surface area contributed by atoms with Gasteiger partial charge in [0.25, 0.3) is 0 Å². The van der Waals surface area contributed by atoms with Gasteiger partial charge >= 0.3 is 0 Å². The van der Waals surface area contributed by atoms with E-state index < -0.39 is 5.79 Å². The van der Waals surface area contributed by atoms with Gasteiger partial charge in [-0.05, 0) is 12.8 Å². The molecule has 0 atom stereocenters. The minimum Gasteiger partial charge on any atom is -0.340 e. The monoisotopic (exact) mass is 154 g/mol. The summed E-state index contributed by atoms with van der Waals surface area (Å²) in [6.45, 7) is 7.22. The maximum Gasteiger partial charge on any atom is 0.230 e. The topological polar surface area (TPSA) is 18.5 Å². The highest BCUT2D eigenvalue weighted by atomic mass is 16.7. The molecule has 0 amide bonds. The Morgan fingerprint density at radius 3 is 2.36 bits per heavy atom. The maximum absolute atomic E-state index is 5.42. The summed E-state index contributed by atoms with van der Waals surface area (Å²) in [6.07, 6.45) is 0. The van der Waals surface area contributed by atoms with Crippen molar-refractivity contribution in [2.24, 2.45) is 5.92 Å². The highest BCUT2D eigenvalue weighted by Gasteiger charge is 2.29. The summed E-state index contributed by atoms with van der Waals surface area (Å²) in [4.78, 5) is 0. The quantitative estimate of drug-likeness (QED) is 0.491. The fourth-order valence-electron chi connectivity index (χ4n) is 0.992. The van der Waals surface area contributed by atoms with Gasteiger partial charge in [-0.15, -0.1) is 5.92 Å². The van der Waals surface area contributed by atoms with Crippen LogP contribution in [0.4, 0.5) is 0 Å². The molecule has 0 radical (unpaired) electrons. The van der Waals surface area contributed by atoms with Crippen LogP contribution in [0, 0.1) is 17.8 Å². The van der Waals surface area contributed by atoms with Gasteiger partial charge in [-0.1, -0.05) is 6.92 Å². The summed E-state index contributed by atoms with van der Waals surface area (Å²) < 4.78 is 10.8. The molecular weight excluding hydrogens is 140 g/mol. The Kier molecular flexibility index (Phi) is 2.53. The van der Waals surface area contributed by atoms with Gasteiger partial charge in [0.15, 0.2) is 0 Å². The molecule has 0 aromatic rings. The molecule has 2 heteroatoms. The van der Waals surface area contributed by atoms with Crippen LogP contribution >= 0.6 is 0 Å². The minimum atomic E-state index is -0.652. The summed E-state index contributed by atoms with van der Waals surface area (Å²) in [5, 5.41) is 0. The molecule has 1 rings (SSSR count). The van der Waals surface area contributed by atoms with Gasteiger partial charge in [0.05, 0.1) is 13.2 Å². The van der Waals surface area contributed by atoms with Crippen LogP contribution < -0.4 is 0 Å². The Hall–Kier alpha value is -0.520. The fraction of sp³-hybridized carbons (Fsp3) is 0.778. The summed E-state index contributed by atoms with van der Waals surface area (Å²) >= 11 is 0. The number of hydrogen-bond acceptors (Lipinski definition) is 2. The Balaban J connectivity index is 2.52. The lowest BCUT2D eigenvalue weighted by molar-refractivity contribution is -0.235. The minimum absolute atomic E-state index is 0.488. The zero-order valence-electron chi connectivity index (χ0n) is 7.31. The van der Waals surface area contributed by atoms with Crippen LogP contribution in [0.2, 0.25) is 0 Å². The molecular formula is C9H14O2. The lowest BCUT2D eigenvalue weighted by Crippen LogP contribution is -2.39. The fourth-order valence-corrected chi connectivity index (χ4v) is 0.992. The second-order valence-electron chi connectivity index (χ2n) is 3.05. The Bertz CT molecular complexity index is 179. The Morgan fingerprint density at radius 2 is 1.91 bits per heavy atom. The Morgan fingerprint density at radius 1 is 1.36 bits per heavy atom. The van der Waals surface area contributed by atoms with Crippen molar-refractivity contribution in [2.75, 3.05) is 13.2 Å². The molecule has 1 fully saturated rings. The van der Waals surface area contributed by atoms with Gasteiger partial charge in [-0.3, -0.25) is 0 Å². The van der Waals surface area contributed by atoms with Crippen LogP contribution in [0.1, 0.15) is 20.8 Å². The maximum atomic E-state index is 5.42. The van der Waals surface area contributed by atoms with E-state index in [2.05, 4.69) is 18.8 Å². The number of rotatable bonds is 0. The average Bonchev–Trinajstić information content (AvgIpc) is 1.97. The number of ether oxygens (including phenoxy) is 2. The third kappa shape index (κ3) is 2.21. The molecule has 11 heavy (non-hydrogen) atoms. The van der Waals surface area contributed by atoms with E-state index in [1.54, 1.807) is 6.92 Å². The standard InChI is InChI=1S/C9H14O2/c1-4-5-9(3)10-6-8(2)7-11-9/h8H,6-7H2,1-3H3. The van der Waals surface area contributed by atoms with E-state index in [1.807, 2.05) is 6.92 Å². The molecule has 1 aliphatic rings. The molecule has 0 aliphatic carbocycles. The first-order valence-electron chi connectivity index (χ1n) is 3.88. The SMILES string of the molecule is CC#CC1(C)OCC(C)CO1. The van der Waals surface area contributed by atoms with E-state index in [9.17, 15) is 0 Å². The van der Waals surface area contributed by atoms with Crippen molar-refractivity contribution in [1.82, 2.24) is 0 Å². The van der Waals surface area contributed by atoms with Gasteiger partial charge in [-0.25, -0.2) is 0 Å². The summed E-state index contributed by atoms with van der Waals surface area (Å²) in [7, 11) is 0. The van der Waals surface area contributed by atoms with Crippen LogP contribution in [0.15, 0.2) is 0 Å². The largest absolute Gasteiger partial charge is 0.340 e. The predicted octanol–water partition coefficient (Wildman–Crippen LogP) is 1.41. The van der Waals surface area contributed by atoms with Crippen LogP contribution in [-0.4, -0.2) is 19.0 Å². The molecule has 0 N–H and O–H groups in total. The zero-order chi connectivity index (χ0) is 8.32. The average molecular weight is 154 g/mol. The Labute approximate surface area is 67.9 Å². The molecule has 0 aromatic heterocycles. The van der Waals surface area contributed by atoms with Crippen LogP contribution in [0.5, 0.6) is 0 Å². The predicted molar refractivity (Wildman–Crippen MR) is 42.9 cm³/mol. The third-order valence-electron chi connectivity index (χ3n) is 1.64. The second kappa shape index (κ2) is 3.25. The van der Waals surface area contributed by atoms with Crippen molar-refractivity contribution in [2.45, 2.75) is 26.6 Å². The van der Waals surface area contributed by atoms with Gasteiger partial charge in [0, 0.05) is 12.8 Å². The highest BCUT2D eigenvalue weighted by Crippen LogP contribution is 2.19. The van der Waals surface area contributed by atoms with E-state index >= 15 is 0 Å². The van der Waals surface area contributed by atoms with E-state index in [0.29, 0.717) is 5.92 Å². The second-order valence-corrected chi connectivity index (χ2v) is 3.05. The molecule has 0 spiro atoms. The normalized spacial score (nSPS) is 37.5. The first-order chi connectivity index (χ1) is 5.16. The van der Waals surface area contributed by atoms with E-state index in [0.717, 1.165) is 13.2 Å². The van der Waals surface area contributed by atoms with Gasteiger partial charge in [-0.2, -0.15) is 0 Å². The van der Waals surface area contributed by atoms with E-state index in [1.165, 1.54) is 0 Å². The molecule has 1 heterocycles. The zero-order valence-corrected chi connectivity index (χ0v) is 7.31. The summed E-state index contributed by atoms with van der Waals surface area (Å²) in [6, 6.07) is 0. The van der Waals surface area contributed by atoms with Crippen molar-refractivity contribution in [3.05, 3.63) is 0 Å². The third-order valence-corrected chi connectivity index (χ3v) is 1.64. The first kappa shape index (κ1) is 8.58. The van der Waals surface area contributed by atoms with Crippen LogP contribution in [0.3, 0.4) is 0 Å². The van der Waals surface area contributed by atoms with Gasteiger partial charge in [0.1, 0.15) is 0 Å². The molecule has 0 unspecified atom stereocenters. The van der Waals surface area contributed by atoms with Gasteiger partial charge < -0.3 is 9.47 Å². The smallest absolute Gasteiger partial charge is 0.230 e. The van der Waals surface area contributed by atoms with Crippen molar-refractivity contribution >= 4 is 0 Å². The van der Waals surface area contributed by atoms with Crippen molar-refractivity contribution in [3.63, 3.8) is 0 Å². The van der Waals surface area contributed by atoms with Gasteiger partial charge in [0.2, 0.25) is 5.79 Å². The lowest BCUT2D eigenvalue weighted by atomic mass is 10.2. The molecule has 0 bridgehead atoms. The van der Waals surface area contributed by atoms with Crippen molar-refractivity contribution in [3.8, 4) is 11.8 Å². The summed E-state index contributed by atoms with van der Waals surface area (Å²) in [5.41, 5.74) is 0. The molecule has 1 saturated heterocycles. The lowest BCUT2D eigenvalue weighted by Gasteiger charge is -2.32.